The van der Waals surface area contributed by atoms with Crippen LogP contribution in [0, 0.1) is 6.92 Å². The Morgan fingerprint density at radius 1 is 0.533 bits per heavy atom. The number of anilines is 4. The van der Waals surface area contributed by atoms with Crippen LogP contribution in [0.25, 0.3) is 0 Å². The molecule has 122 heavy (non-hydrogen) atoms. The molecule has 7 aromatic rings. The van der Waals surface area contributed by atoms with Crippen molar-refractivity contribution in [3.8, 4) is 17.2 Å². The van der Waals surface area contributed by atoms with Crippen LogP contribution in [-0.2, 0) is 68.2 Å². The molecule has 0 aliphatic heterocycles. The maximum Gasteiger partial charge on any atom is 1.00 e. The maximum atomic E-state index is 12.4. The first-order valence-corrected chi connectivity index (χ1v) is 40.9. The van der Waals surface area contributed by atoms with Crippen molar-refractivity contribution < 1.29 is 156 Å². The molecule has 0 bridgehead atoms. The minimum atomic E-state index is -5.06. The van der Waals surface area contributed by atoms with E-state index in [2.05, 4.69) is 69.8 Å². The van der Waals surface area contributed by atoms with E-state index in [0.29, 0.717) is 55.7 Å². The van der Waals surface area contributed by atoms with Gasteiger partial charge in [0.1, 0.15) is 45.8 Å². The maximum absolute atomic E-state index is 12.4. The number of carbonyl (C=O) groups is 12. The van der Waals surface area contributed by atoms with E-state index in [9.17, 15) is 75.8 Å². The number of benzene rings is 3. The first-order valence-electron chi connectivity index (χ1n) is 36.4. The van der Waals surface area contributed by atoms with Crippen LogP contribution in [0.4, 0.5) is 52.9 Å². The summed E-state index contributed by atoms with van der Waals surface area (Å²) in [6.07, 6.45) is -6.45. The Morgan fingerprint density at radius 2 is 0.943 bits per heavy atom. The smallest absolute Gasteiger partial charge is 0.496 e. The second kappa shape index (κ2) is 57.8. The van der Waals surface area contributed by atoms with Gasteiger partial charge in [-0.2, -0.15) is 19.6 Å². The molecule has 7 rings (SSSR count). The number of hydrogen-bond acceptors (Lipinski definition) is 35. The van der Waals surface area contributed by atoms with Crippen molar-refractivity contribution >= 4 is 154 Å². The molecule has 3 aromatic carbocycles. The number of nitrogen functional groups attached to an aromatic ring is 1. The molecule has 0 spiro atoms. The molecule has 4 heterocycles. The SMILES string of the molecule is CC(C)(C)OC(=O)OC(=O)OC(C)(C)C.CCOC(=O)C(=O)CBr.CCOC(=O)c1csc(N)n1.CCOC(=O)c1csc(NC(=O)OC(C)(C)C)n1.CCOC(=O)c1nc(NC(=O)C(F)(F)F)sc1Cc1ccccc1OC.CCOC(=O)c1nc(NC(=O)OC(C)(C)C)sc1C(O)c1ccccc1OC.COc1ccccc1C=O.[CH2-]CCC.[Li+]. The number of aliphatic hydroxyl groups excluding tert-OH is 1. The molecule has 43 heteroatoms. The summed E-state index contributed by atoms with van der Waals surface area (Å²) in [7, 11) is 4.51. The Balaban J connectivity index is 0. The Hall–Kier alpha value is -10.4. The first kappa shape index (κ1) is 114. The van der Waals surface area contributed by atoms with Gasteiger partial charge in [-0.15, -0.1) is 34.0 Å². The summed E-state index contributed by atoms with van der Waals surface area (Å²) in [4.78, 5) is 151. The zero-order chi connectivity index (χ0) is 92.6. The van der Waals surface area contributed by atoms with Crippen molar-refractivity contribution in [2.75, 3.05) is 81.4 Å². The predicted octanol–water partition coefficient (Wildman–Crippen LogP) is 14.3. The van der Waals surface area contributed by atoms with Crippen LogP contribution in [-0.4, -0.2) is 186 Å². The van der Waals surface area contributed by atoms with Gasteiger partial charge in [0.05, 0.1) is 70.1 Å². The fourth-order valence-corrected chi connectivity index (χ4v) is 11.0. The predicted molar refractivity (Wildman–Crippen MR) is 452 cm³/mol. The van der Waals surface area contributed by atoms with E-state index in [1.807, 2.05) is 6.07 Å². The van der Waals surface area contributed by atoms with Crippen molar-refractivity contribution in [1.82, 2.24) is 19.9 Å². The summed E-state index contributed by atoms with van der Waals surface area (Å²) in [5, 5.41) is 21.1. The number of halogens is 4. The summed E-state index contributed by atoms with van der Waals surface area (Å²) in [6, 6.07) is 21.0. The number of nitrogens with one attached hydrogen (secondary N) is 3. The third-order valence-electron chi connectivity index (χ3n) is 12.4. The topological polar surface area (TPSA) is 459 Å². The number of aromatic nitrogens is 4. The van der Waals surface area contributed by atoms with Crippen molar-refractivity contribution in [3.63, 3.8) is 0 Å². The van der Waals surface area contributed by atoms with Crippen molar-refractivity contribution in [2.45, 2.75) is 179 Å². The largest absolute Gasteiger partial charge is 1.00 e. The Labute approximate surface area is 742 Å². The van der Waals surface area contributed by atoms with E-state index in [-0.39, 0.29) is 95.0 Å². The van der Waals surface area contributed by atoms with Crippen LogP contribution in [0.1, 0.15) is 217 Å². The number of aldehydes is 1. The number of para-hydroxylation sites is 3. The molecule has 0 saturated carbocycles. The van der Waals surface area contributed by atoms with Gasteiger partial charge in [-0.3, -0.25) is 30.3 Å². The molecule has 0 aliphatic carbocycles. The third kappa shape index (κ3) is 47.7. The molecule has 1 atom stereocenters. The number of carbonyl (C=O) groups excluding carboxylic acids is 12. The molecule has 4 aromatic heterocycles. The van der Waals surface area contributed by atoms with Gasteiger partial charge in [-0.05, 0) is 148 Å². The van der Waals surface area contributed by atoms with E-state index in [0.717, 1.165) is 46.7 Å². The first-order chi connectivity index (χ1) is 56.5. The monoisotopic (exact) mass is 1850 g/mol. The number of rotatable bonds is 23. The van der Waals surface area contributed by atoms with Gasteiger partial charge in [0, 0.05) is 27.6 Å². The number of nitrogens with zero attached hydrogens (tertiary/aromatic N) is 4. The number of esters is 5. The minimum Gasteiger partial charge on any atom is -0.496 e. The zero-order valence-electron chi connectivity index (χ0n) is 72.0. The zero-order valence-corrected chi connectivity index (χ0v) is 76.8. The van der Waals surface area contributed by atoms with E-state index in [4.69, 9.17) is 57.8 Å². The standard InChI is InChI=1S/C19H24N2O6S.C16H15F3N2O4S.C11H16N2O4S.C10H18O5.C8H8O2.C6H8N2O2S.C5H7BrO3.C4H9.Li/c1-6-26-16(23)13-15(14(22)11-9-7-8-10-12(11)25-5)28-17(20-13)21-18(24)27-19(2,3)4;1-3-25-13(22)12-11(8-9-6-4-5-7-10(9)24-2)26-15(20-12)21-14(23)16(17,18)19;1-5-16-8(14)7-6-18-9(12-7)13-10(15)17-11(2,3)4;1-9(2,3)14-7(11)13-8(12)15-10(4,5)6;1-10-8-5-3-2-4-7(8)6-9;1-2-10-5(9)4-3-11-6(7)8-4;1-2-9-5(8)4(7)3-6;1-3-4-2;/h7-10,14,22H,6H2,1-5H3,(H,20,21,24);4-7H,3,8H2,1-2H3,(H,20,21,23);6H,5H2,1-4H3,(H,12,13,15);1-6H3;2-6H,1H3;3H,2H2,1H3,(H2,7,8);2-3H2,1H3;1,3-4H2,2H3;/q;;;;;;;-1;+1. The quantitative estimate of drug-likeness (QED) is 0.00580. The number of ether oxygens (including phenoxy) is 13. The van der Waals surface area contributed by atoms with Crippen LogP contribution in [0.15, 0.2) is 83.6 Å². The molecule has 0 radical (unpaired) electrons. The second-order valence-corrected chi connectivity index (χ2v) is 31.3. The number of methoxy groups -OCH3 is 3. The number of hydrogen-bond donors (Lipinski definition) is 5. The summed E-state index contributed by atoms with van der Waals surface area (Å²) in [6.45, 7) is 35.7. The van der Waals surface area contributed by atoms with E-state index < -0.39 is 101 Å². The molecule has 0 aliphatic rings. The van der Waals surface area contributed by atoms with Gasteiger partial charge in [0.15, 0.2) is 49.6 Å². The third-order valence-corrected chi connectivity index (χ3v) is 16.3. The van der Waals surface area contributed by atoms with Gasteiger partial charge >= 0.3 is 85.3 Å². The average molecular weight is 1850 g/mol. The summed E-state index contributed by atoms with van der Waals surface area (Å²) in [5.41, 5.74) is 4.66. The van der Waals surface area contributed by atoms with Crippen LogP contribution < -0.4 is 54.8 Å². The normalized spacial score (nSPS) is 10.7. The van der Waals surface area contributed by atoms with Crippen molar-refractivity contribution in [1.29, 1.82) is 0 Å². The Morgan fingerprint density at radius 3 is 1.37 bits per heavy atom. The number of amides is 3. The van der Waals surface area contributed by atoms with Gasteiger partial charge in [-0.1, -0.05) is 89.1 Å². The molecule has 3 amide bonds. The van der Waals surface area contributed by atoms with Crippen LogP contribution in [0.5, 0.6) is 17.2 Å². The molecule has 0 saturated heterocycles. The van der Waals surface area contributed by atoms with Gasteiger partial charge in [0.25, 0.3) is 0 Å². The summed E-state index contributed by atoms with van der Waals surface area (Å²) < 4.78 is 101. The number of aliphatic hydroxyl groups is 1. The number of unbranched alkanes of at least 4 members (excludes halogenated alkanes) is 1. The summed E-state index contributed by atoms with van der Waals surface area (Å²) >= 11 is 6.93. The Kier molecular flexibility index (Phi) is 53.9. The number of nitrogens with two attached hydrogens (primary N) is 1. The van der Waals surface area contributed by atoms with Crippen LogP contribution in [0.3, 0.4) is 0 Å². The summed E-state index contributed by atoms with van der Waals surface area (Å²) in [5.74, 6) is -4.24. The van der Waals surface area contributed by atoms with Crippen LogP contribution >= 0.6 is 61.3 Å². The van der Waals surface area contributed by atoms with Gasteiger partial charge < -0.3 is 79.3 Å². The minimum absolute atomic E-state index is 0. The van der Waals surface area contributed by atoms with Crippen molar-refractivity contribution in [2.24, 2.45) is 0 Å². The Bertz CT molecular complexity index is 4410. The molecule has 670 valence electrons. The van der Waals surface area contributed by atoms with Crippen molar-refractivity contribution in [3.05, 3.63) is 140 Å². The van der Waals surface area contributed by atoms with Crippen LogP contribution in [0.2, 0.25) is 0 Å². The fraction of sp³-hybridized carbons (Fsp3) is 0.456. The fourth-order valence-electron chi connectivity index (χ4n) is 7.66. The number of ketones is 1. The molecule has 6 N–H and O–H groups in total. The number of thiazole rings is 4. The molecular formula is C79H105BrF3LiN8O26S4. The molecule has 1 unspecified atom stereocenters. The number of Topliss-reactive ketones (excluding diaryl/α,β-unsaturated/α-hetero) is 1. The van der Waals surface area contributed by atoms with Gasteiger partial charge in [-0.25, -0.2) is 63.1 Å². The average Bonchev–Trinajstić information content (AvgIpc) is 1.64. The number of alkyl halides is 4. The van der Waals surface area contributed by atoms with Gasteiger partial charge in [0.2, 0.25) is 5.78 Å². The van der Waals surface area contributed by atoms with E-state index >= 15 is 0 Å². The molecular weight excluding hydrogens is 1750 g/mol. The molecule has 34 nitrogen and oxygen atoms in total. The second-order valence-electron chi connectivity index (χ2n) is 26.9. The molecule has 0 fully saturated rings. The van der Waals surface area contributed by atoms with E-state index in [1.165, 1.54) is 37.4 Å². The van der Waals surface area contributed by atoms with E-state index in [1.54, 1.807) is 202 Å².